The Bertz CT molecular complexity index is 673. The van der Waals surface area contributed by atoms with E-state index in [1.165, 1.54) is 24.3 Å². The number of halogens is 1. The van der Waals surface area contributed by atoms with Gasteiger partial charge in [0.15, 0.2) is 9.84 Å². The van der Waals surface area contributed by atoms with Crippen molar-refractivity contribution in [3.8, 4) is 5.75 Å². The van der Waals surface area contributed by atoms with Gasteiger partial charge in [-0.2, -0.15) is 0 Å². The second kappa shape index (κ2) is 6.13. The first-order valence-corrected chi connectivity index (χ1v) is 8.02. The number of nitrogens with one attached hydrogen (secondary N) is 2. The van der Waals surface area contributed by atoms with E-state index in [1.54, 1.807) is 6.92 Å². The molecule has 21 heavy (non-hydrogen) atoms. The summed E-state index contributed by atoms with van der Waals surface area (Å²) in [5, 5.41) is 5.81. The van der Waals surface area contributed by atoms with Gasteiger partial charge in [0, 0.05) is 11.5 Å². The Morgan fingerprint density at radius 3 is 2.81 bits per heavy atom. The standard InChI is InChI=1S/C13H15FN2O4S/c1-2-20-10-3-4-12(11(14)7-10)16-13(17)15-9-5-6-21(18,19)8-9/h3-7,9H,2,8H2,1H3,(H2,15,16,17). The number of carbonyl (C=O) groups excluding carboxylic acids is 1. The minimum absolute atomic E-state index is 0.0132. The summed E-state index contributed by atoms with van der Waals surface area (Å²) in [5.74, 6) is -0.455. The molecule has 1 aromatic carbocycles. The number of carbonyl (C=O) groups is 1. The van der Waals surface area contributed by atoms with Gasteiger partial charge in [-0.3, -0.25) is 0 Å². The quantitative estimate of drug-likeness (QED) is 0.885. The summed E-state index contributed by atoms with van der Waals surface area (Å²) in [7, 11) is -3.25. The van der Waals surface area contributed by atoms with Crippen LogP contribution in [-0.2, 0) is 9.84 Å². The van der Waals surface area contributed by atoms with Crippen LogP contribution in [-0.4, -0.2) is 32.9 Å². The van der Waals surface area contributed by atoms with E-state index in [4.69, 9.17) is 4.74 Å². The van der Waals surface area contributed by atoms with Crippen molar-refractivity contribution < 1.29 is 22.3 Å². The van der Waals surface area contributed by atoms with Gasteiger partial charge < -0.3 is 15.4 Å². The second-order valence-electron chi connectivity index (χ2n) is 4.44. The van der Waals surface area contributed by atoms with E-state index in [9.17, 15) is 17.6 Å². The van der Waals surface area contributed by atoms with E-state index in [0.29, 0.717) is 12.4 Å². The smallest absolute Gasteiger partial charge is 0.319 e. The first-order valence-electron chi connectivity index (χ1n) is 6.30. The molecule has 0 aliphatic carbocycles. The molecule has 2 N–H and O–H groups in total. The minimum atomic E-state index is -3.25. The fraction of sp³-hybridized carbons (Fsp3) is 0.308. The molecule has 0 spiro atoms. The highest BCUT2D eigenvalue weighted by molar-refractivity contribution is 7.94. The van der Waals surface area contributed by atoms with Crippen molar-refractivity contribution in [3.05, 3.63) is 35.5 Å². The molecule has 1 unspecified atom stereocenters. The number of benzene rings is 1. The zero-order valence-electron chi connectivity index (χ0n) is 11.3. The molecular weight excluding hydrogens is 299 g/mol. The third kappa shape index (κ3) is 4.19. The lowest BCUT2D eigenvalue weighted by Crippen LogP contribution is -2.38. The highest BCUT2D eigenvalue weighted by atomic mass is 32.2. The molecule has 1 atom stereocenters. The molecule has 0 bridgehead atoms. The maximum Gasteiger partial charge on any atom is 0.319 e. The lowest BCUT2D eigenvalue weighted by atomic mass is 10.3. The first-order chi connectivity index (χ1) is 9.89. The monoisotopic (exact) mass is 314 g/mol. The van der Waals surface area contributed by atoms with Crippen LogP contribution < -0.4 is 15.4 Å². The Morgan fingerprint density at radius 1 is 1.48 bits per heavy atom. The van der Waals surface area contributed by atoms with Crippen molar-refractivity contribution in [2.24, 2.45) is 0 Å². The molecule has 0 aromatic heterocycles. The van der Waals surface area contributed by atoms with Gasteiger partial charge in [0.25, 0.3) is 0 Å². The second-order valence-corrected chi connectivity index (χ2v) is 6.37. The summed E-state index contributed by atoms with van der Waals surface area (Å²) in [6, 6.07) is 2.79. The summed E-state index contributed by atoms with van der Waals surface area (Å²) < 4.78 is 41.3. The van der Waals surface area contributed by atoms with Crippen molar-refractivity contribution in [2.45, 2.75) is 13.0 Å². The van der Waals surface area contributed by atoms with Gasteiger partial charge in [-0.1, -0.05) is 0 Å². The van der Waals surface area contributed by atoms with E-state index in [2.05, 4.69) is 10.6 Å². The number of urea groups is 1. The van der Waals surface area contributed by atoms with E-state index in [-0.39, 0.29) is 11.4 Å². The number of hydrogen-bond acceptors (Lipinski definition) is 4. The Labute approximate surface area is 121 Å². The lowest BCUT2D eigenvalue weighted by molar-refractivity contribution is 0.251. The zero-order chi connectivity index (χ0) is 15.5. The van der Waals surface area contributed by atoms with Gasteiger partial charge >= 0.3 is 6.03 Å². The fourth-order valence-electron chi connectivity index (χ4n) is 1.85. The van der Waals surface area contributed by atoms with E-state index in [1.807, 2.05) is 0 Å². The molecule has 114 valence electrons. The predicted molar refractivity (Wildman–Crippen MR) is 76.4 cm³/mol. The first kappa shape index (κ1) is 15.3. The fourth-order valence-corrected chi connectivity index (χ4v) is 3.08. The van der Waals surface area contributed by atoms with Crippen LogP contribution in [0.3, 0.4) is 0 Å². The van der Waals surface area contributed by atoms with Crippen LogP contribution in [0.2, 0.25) is 0 Å². The molecule has 1 aliphatic heterocycles. The molecule has 2 rings (SSSR count). The van der Waals surface area contributed by atoms with Crippen LogP contribution in [0, 0.1) is 5.82 Å². The van der Waals surface area contributed by atoms with E-state index in [0.717, 1.165) is 5.41 Å². The Hall–Kier alpha value is -2.09. The number of ether oxygens (including phenoxy) is 1. The maximum absolute atomic E-state index is 13.7. The van der Waals surface area contributed by atoms with Gasteiger partial charge in [-0.15, -0.1) is 0 Å². The predicted octanol–water partition coefficient (Wildman–Crippen LogP) is 1.66. The molecule has 1 aliphatic rings. The van der Waals surface area contributed by atoms with Crippen molar-refractivity contribution in [2.75, 3.05) is 17.7 Å². The number of amides is 2. The van der Waals surface area contributed by atoms with Gasteiger partial charge in [0.05, 0.1) is 24.1 Å². The Kier molecular flexibility index (Phi) is 4.46. The maximum atomic E-state index is 13.7. The lowest BCUT2D eigenvalue weighted by Gasteiger charge is -2.12. The summed E-state index contributed by atoms with van der Waals surface area (Å²) in [6.45, 7) is 2.19. The zero-order valence-corrected chi connectivity index (χ0v) is 12.1. The molecule has 0 radical (unpaired) electrons. The summed E-state index contributed by atoms with van der Waals surface area (Å²) in [4.78, 5) is 11.7. The number of rotatable bonds is 4. The normalized spacial score (nSPS) is 19.2. The van der Waals surface area contributed by atoms with Crippen molar-refractivity contribution in [1.29, 1.82) is 0 Å². The summed E-state index contributed by atoms with van der Waals surface area (Å²) in [6.07, 6.45) is 1.38. The summed E-state index contributed by atoms with van der Waals surface area (Å²) >= 11 is 0. The van der Waals surface area contributed by atoms with Crippen LogP contribution in [0.25, 0.3) is 0 Å². The van der Waals surface area contributed by atoms with Crippen LogP contribution >= 0.6 is 0 Å². The minimum Gasteiger partial charge on any atom is -0.494 e. The third-order valence-electron chi connectivity index (χ3n) is 2.75. The highest BCUT2D eigenvalue weighted by Crippen LogP contribution is 2.20. The average Bonchev–Trinajstić information content (AvgIpc) is 2.72. The molecular formula is C13H15FN2O4S. The van der Waals surface area contributed by atoms with Gasteiger partial charge in [0.1, 0.15) is 11.6 Å². The Morgan fingerprint density at radius 2 is 2.24 bits per heavy atom. The largest absolute Gasteiger partial charge is 0.494 e. The topological polar surface area (TPSA) is 84.5 Å². The van der Waals surface area contributed by atoms with Crippen LogP contribution in [0.5, 0.6) is 5.75 Å². The highest BCUT2D eigenvalue weighted by Gasteiger charge is 2.23. The SMILES string of the molecule is CCOc1ccc(NC(=O)NC2C=CS(=O)(=O)C2)c(F)c1. The number of sulfone groups is 1. The van der Waals surface area contributed by atoms with Crippen LogP contribution in [0.4, 0.5) is 14.9 Å². The van der Waals surface area contributed by atoms with Gasteiger partial charge in [-0.25, -0.2) is 17.6 Å². The molecule has 6 nitrogen and oxygen atoms in total. The molecule has 8 heteroatoms. The molecule has 0 saturated heterocycles. The van der Waals surface area contributed by atoms with Crippen LogP contribution in [0.15, 0.2) is 29.7 Å². The Balaban J connectivity index is 1.95. The molecule has 2 amide bonds. The van der Waals surface area contributed by atoms with Gasteiger partial charge in [0.2, 0.25) is 0 Å². The summed E-state index contributed by atoms with van der Waals surface area (Å²) in [5.41, 5.74) is -0.0132. The molecule has 1 heterocycles. The van der Waals surface area contributed by atoms with Gasteiger partial charge in [-0.05, 0) is 25.1 Å². The third-order valence-corrected chi connectivity index (χ3v) is 4.14. The van der Waals surface area contributed by atoms with Crippen molar-refractivity contribution in [1.82, 2.24) is 5.32 Å². The number of hydrogen-bond donors (Lipinski definition) is 2. The van der Waals surface area contributed by atoms with Crippen molar-refractivity contribution >= 4 is 21.6 Å². The molecule has 0 fully saturated rings. The van der Waals surface area contributed by atoms with Crippen molar-refractivity contribution in [3.63, 3.8) is 0 Å². The number of anilines is 1. The van der Waals surface area contributed by atoms with E-state index < -0.39 is 27.7 Å². The molecule has 1 aromatic rings. The molecule has 0 saturated carbocycles. The van der Waals surface area contributed by atoms with Crippen LogP contribution in [0.1, 0.15) is 6.92 Å². The average molecular weight is 314 g/mol. The van der Waals surface area contributed by atoms with E-state index >= 15 is 0 Å².